The van der Waals surface area contributed by atoms with E-state index in [-0.39, 0.29) is 30.0 Å². The SMILES string of the molecule is CC(C)N(Cc1ccc(F)c(Oc2ccc(OC(F)(F)F)cc2)c1)C(=O)c1cn(C)cn1. The van der Waals surface area contributed by atoms with Gasteiger partial charge in [0.15, 0.2) is 11.6 Å². The van der Waals surface area contributed by atoms with E-state index in [4.69, 9.17) is 4.74 Å². The summed E-state index contributed by atoms with van der Waals surface area (Å²) in [5.41, 5.74) is 0.900. The van der Waals surface area contributed by atoms with Gasteiger partial charge in [-0.3, -0.25) is 4.79 Å². The van der Waals surface area contributed by atoms with Gasteiger partial charge in [0.2, 0.25) is 0 Å². The van der Waals surface area contributed by atoms with Crippen LogP contribution < -0.4 is 9.47 Å². The predicted octanol–water partition coefficient (Wildman–Crippen LogP) is 5.30. The van der Waals surface area contributed by atoms with E-state index in [0.717, 1.165) is 12.1 Å². The number of aryl methyl sites for hydroxylation is 1. The van der Waals surface area contributed by atoms with Crippen molar-refractivity contribution in [2.75, 3.05) is 0 Å². The molecule has 0 fully saturated rings. The van der Waals surface area contributed by atoms with Gasteiger partial charge in [-0.2, -0.15) is 0 Å². The number of carbonyl (C=O) groups excluding carboxylic acids is 1. The highest BCUT2D eigenvalue weighted by Crippen LogP contribution is 2.29. The molecule has 0 unspecified atom stereocenters. The maximum absolute atomic E-state index is 14.3. The van der Waals surface area contributed by atoms with E-state index >= 15 is 0 Å². The van der Waals surface area contributed by atoms with Crippen molar-refractivity contribution in [1.29, 1.82) is 0 Å². The molecular weight excluding hydrogens is 430 g/mol. The molecule has 0 saturated carbocycles. The van der Waals surface area contributed by atoms with Gasteiger partial charge in [-0.25, -0.2) is 9.37 Å². The van der Waals surface area contributed by atoms with Gasteiger partial charge in [-0.05, 0) is 55.8 Å². The summed E-state index contributed by atoms with van der Waals surface area (Å²) in [6.45, 7) is 3.89. The quantitative estimate of drug-likeness (QED) is 0.458. The number of rotatable bonds is 7. The van der Waals surface area contributed by atoms with E-state index in [0.29, 0.717) is 11.3 Å². The zero-order chi connectivity index (χ0) is 23.5. The molecule has 0 aliphatic carbocycles. The van der Waals surface area contributed by atoms with Crippen LogP contribution in [0.4, 0.5) is 17.6 Å². The molecule has 0 aliphatic rings. The number of carbonyl (C=O) groups is 1. The van der Waals surface area contributed by atoms with Gasteiger partial charge in [-0.15, -0.1) is 13.2 Å². The van der Waals surface area contributed by atoms with Gasteiger partial charge in [0.25, 0.3) is 5.91 Å². The smallest absolute Gasteiger partial charge is 0.454 e. The first-order valence-electron chi connectivity index (χ1n) is 9.63. The van der Waals surface area contributed by atoms with Gasteiger partial charge in [0, 0.05) is 25.8 Å². The zero-order valence-electron chi connectivity index (χ0n) is 17.6. The van der Waals surface area contributed by atoms with Gasteiger partial charge in [-0.1, -0.05) is 6.07 Å². The normalized spacial score (nSPS) is 11.5. The van der Waals surface area contributed by atoms with Crippen LogP contribution in [0.5, 0.6) is 17.2 Å². The summed E-state index contributed by atoms with van der Waals surface area (Å²) in [5.74, 6) is -1.34. The summed E-state index contributed by atoms with van der Waals surface area (Å²) < 4.78 is 62.1. The van der Waals surface area contributed by atoms with E-state index in [9.17, 15) is 22.4 Å². The first kappa shape index (κ1) is 23.1. The van der Waals surface area contributed by atoms with Gasteiger partial charge in [0.05, 0.1) is 6.33 Å². The average Bonchev–Trinajstić information content (AvgIpc) is 3.14. The monoisotopic (exact) mass is 451 g/mol. The van der Waals surface area contributed by atoms with Crippen molar-refractivity contribution in [2.24, 2.45) is 7.05 Å². The van der Waals surface area contributed by atoms with Crippen LogP contribution in [-0.4, -0.2) is 32.8 Å². The number of amides is 1. The Morgan fingerprint density at radius 1 is 1.12 bits per heavy atom. The third-order valence-electron chi connectivity index (χ3n) is 4.44. The molecule has 3 aromatic rings. The summed E-state index contributed by atoms with van der Waals surface area (Å²) in [7, 11) is 1.76. The van der Waals surface area contributed by atoms with Crippen molar-refractivity contribution in [3.8, 4) is 17.2 Å². The van der Waals surface area contributed by atoms with Crippen LogP contribution in [0.15, 0.2) is 55.0 Å². The number of imidazole rings is 1. The van der Waals surface area contributed by atoms with E-state index < -0.39 is 17.9 Å². The molecule has 0 saturated heterocycles. The van der Waals surface area contributed by atoms with Crippen LogP contribution in [0.2, 0.25) is 0 Å². The number of nitrogens with zero attached hydrogens (tertiary/aromatic N) is 3. The molecule has 0 radical (unpaired) electrons. The number of aromatic nitrogens is 2. The molecule has 0 bridgehead atoms. The minimum absolute atomic E-state index is 0.124. The zero-order valence-corrected chi connectivity index (χ0v) is 17.6. The Bertz CT molecular complexity index is 1080. The Labute approximate surface area is 182 Å². The maximum atomic E-state index is 14.3. The van der Waals surface area contributed by atoms with Gasteiger partial charge >= 0.3 is 6.36 Å². The second kappa shape index (κ2) is 9.29. The number of benzene rings is 2. The lowest BCUT2D eigenvalue weighted by molar-refractivity contribution is -0.274. The fourth-order valence-electron chi connectivity index (χ4n) is 2.92. The first-order valence-corrected chi connectivity index (χ1v) is 9.63. The highest BCUT2D eigenvalue weighted by atomic mass is 19.4. The van der Waals surface area contributed by atoms with Crippen LogP contribution >= 0.6 is 0 Å². The molecule has 32 heavy (non-hydrogen) atoms. The maximum Gasteiger partial charge on any atom is 0.573 e. The highest BCUT2D eigenvalue weighted by Gasteiger charge is 2.31. The van der Waals surface area contributed by atoms with Crippen LogP contribution in [-0.2, 0) is 13.6 Å². The number of hydrogen-bond acceptors (Lipinski definition) is 4. The Balaban J connectivity index is 1.76. The Morgan fingerprint density at radius 2 is 1.78 bits per heavy atom. The summed E-state index contributed by atoms with van der Waals surface area (Å²) in [4.78, 5) is 18.5. The molecule has 10 heteroatoms. The molecular formula is C22H21F4N3O3. The molecule has 1 aromatic heterocycles. The summed E-state index contributed by atoms with van der Waals surface area (Å²) >= 11 is 0. The van der Waals surface area contributed by atoms with Crippen LogP contribution in [0.1, 0.15) is 29.9 Å². The van der Waals surface area contributed by atoms with Crippen molar-refractivity contribution in [2.45, 2.75) is 32.8 Å². The molecule has 1 amide bonds. The molecule has 0 aliphatic heterocycles. The van der Waals surface area contributed by atoms with E-state index in [1.54, 1.807) is 22.7 Å². The third kappa shape index (κ3) is 5.99. The van der Waals surface area contributed by atoms with Crippen molar-refractivity contribution in [3.63, 3.8) is 0 Å². The Morgan fingerprint density at radius 3 is 2.34 bits per heavy atom. The Hall–Kier alpha value is -3.56. The molecule has 0 spiro atoms. The number of hydrogen-bond donors (Lipinski definition) is 0. The molecule has 0 atom stereocenters. The fraction of sp³-hybridized carbons (Fsp3) is 0.273. The largest absolute Gasteiger partial charge is 0.573 e. The Kier molecular flexibility index (Phi) is 6.71. The van der Waals surface area contributed by atoms with Gasteiger partial charge in [0.1, 0.15) is 17.2 Å². The second-order valence-electron chi connectivity index (χ2n) is 7.34. The topological polar surface area (TPSA) is 56.6 Å². The lowest BCUT2D eigenvalue weighted by Crippen LogP contribution is -2.36. The second-order valence-corrected chi connectivity index (χ2v) is 7.34. The lowest BCUT2D eigenvalue weighted by Gasteiger charge is -2.26. The summed E-state index contributed by atoms with van der Waals surface area (Å²) in [5, 5.41) is 0. The van der Waals surface area contributed by atoms with Gasteiger partial charge < -0.3 is 18.9 Å². The van der Waals surface area contributed by atoms with Crippen LogP contribution in [0, 0.1) is 5.82 Å². The predicted molar refractivity (Wildman–Crippen MR) is 108 cm³/mol. The molecule has 2 aromatic carbocycles. The molecule has 0 N–H and O–H groups in total. The first-order chi connectivity index (χ1) is 15.0. The van der Waals surface area contributed by atoms with Crippen molar-refractivity contribution < 1.29 is 31.8 Å². The molecule has 1 heterocycles. The molecule has 6 nitrogen and oxygen atoms in total. The summed E-state index contributed by atoms with van der Waals surface area (Å²) in [6, 6.07) is 8.62. The molecule has 170 valence electrons. The third-order valence-corrected chi connectivity index (χ3v) is 4.44. The average molecular weight is 451 g/mol. The minimum Gasteiger partial charge on any atom is -0.454 e. The van der Waals surface area contributed by atoms with Crippen molar-refractivity contribution in [3.05, 3.63) is 72.1 Å². The number of alkyl halides is 3. The van der Waals surface area contributed by atoms with Crippen LogP contribution in [0.3, 0.4) is 0 Å². The van der Waals surface area contributed by atoms with Crippen molar-refractivity contribution >= 4 is 5.91 Å². The minimum atomic E-state index is -4.81. The van der Waals surface area contributed by atoms with Crippen LogP contribution in [0.25, 0.3) is 0 Å². The fourth-order valence-corrected chi connectivity index (χ4v) is 2.92. The number of halogens is 4. The van der Waals surface area contributed by atoms with Crippen molar-refractivity contribution in [1.82, 2.24) is 14.5 Å². The number of ether oxygens (including phenoxy) is 2. The van der Waals surface area contributed by atoms with E-state index in [1.165, 1.54) is 36.7 Å². The highest BCUT2D eigenvalue weighted by molar-refractivity contribution is 5.92. The molecule has 3 rings (SSSR count). The van der Waals surface area contributed by atoms with E-state index in [2.05, 4.69) is 9.72 Å². The summed E-state index contributed by atoms with van der Waals surface area (Å²) in [6.07, 6.45) is -1.67. The lowest BCUT2D eigenvalue weighted by atomic mass is 10.1. The standard InChI is InChI=1S/C22H21F4N3O3/c1-14(2)29(21(30)19-12-28(3)13-27-19)11-15-4-9-18(23)20(10-15)31-16-5-7-17(8-6-16)32-22(24,25)26/h4-10,12-14H,11H2,1-3H3. The van der Waals surface area contributed by atoms with E-state index in [1.807, 2.05) is 13.8 Å².